The van der Waals surface area contributed by atoms with Gasteiger partial charge in [0, 0.05) is 12.0 Å². The van der Waals surface area contributed by atoms with Gasteiger partial charge in [-0.05, 0) is 24.1 Å². The van der Waals surface area contributed by atoms with Crippen molar-refractivity contribution in [1.29, 1.82) is 0 Å². The molecule has 0 N–H and O–H groups in total. The third-order valence-corrected chi connectivity index (χ3v) is 2.61. The summed E-state index contributed by atoms with van der Waals surface area (Å²) in [6, 6.07) is 3.64. The van der Waals surface area contributed by atoms with Crippen molar-refractivity contribution >= 4 is 5.78 Å². The zero-order valence-corrected chi connectivity index (χ0v) is 10.3. The van der Waals surface area contributed by atoms with Gasteiger partial charge in [-0.2, -0.15) is 0 Å². The van der Waals surface area contributed by atoms with Crippen LogP contribution in [-0.4, -0.2) is 20.0 Å². The molecule has 0 saturated heterocycles. The molecule has 0 spiro atoms. The van der Waals surface area contributed by atoms with E-state index in [1.165, 1.54) is 0 Å². The molecule has 0 unspecified atom stereocenters. The molecule has 0 bridgehead atoms. The first-order valence-corrected chi connectivity index (χ1v) is 5.45. The molecule has 0 fully saturated rings. The molecule has 16 heavy (non-hydrogen) atoms. The molecule has 0 aliphatic heterocycles. The van der Waals surface area contributed by atoms with Gasteiger partial charge >= 0.3 is 0 Å². The topological polar surface area (TPSA) is 35.5 Å². The number of hydrogen-bond acceptors (Lipinski definition) is 3. The van der Waals surface area contributed by atoms with E-state index < -0.39 is 0 Å². The first-order valence-electron chi connectivity index (χ1n) is 5.45. The van der Waals surface area contributed by atoms with Crippen molar-refractivity contribution in [2.45, 2.75) is 26.7 Å². The van der Waals surface area contributed by atoms with Crippen LogP contribution in [-0.2, 0) is 6.42 Å². The number of aryl methyl sites for hydroxylation is 1. The van der Waals surface area contributed by atoms with Gasteiger partial charge in [0.05, 0.1) is 14.2 Å². The second-order valence-electron chi connectivity index (χ2n) is 3.49. The molecule has 0 radical (unpaired) electrons. The van der Waals surface area contributed by atoms with E-state index in [1.54, 1.807) is 20.3 Å². The second kappa shape index (κ2) is 5.54. The quantitative estimate of drug-likeness (QED) is 0.719. The average molecular weight is 222 g/mol. The van der Waals surface area contributed by atoms with Gasteiger partial charge in [-0.1, -0.05) is 13.8 Å². The number of methoxy groups -OCH3 is 2. The Bertz CT molecular complexity index is 383. The Labute approximate surface area is 96.4 Å². The van der Waals surface area contributed by atoms with E-state index in [9.17, 15) is 4.79 Å². The third kappa shape index (κ3) is 2.35. The Morgan fingerprint density at radius 2 is 1.69 bits per heavy atom. The number of ketones is 1. The monoisotopic (exact) mass is 222 g/mol. The van der Waals surface area contributed by atoms with Crippen molar-refractivity contribution in [3.05, 3.63) is 23.3 Å². The Morgan fingerprint density at radius 1 is 1.12 bits per heavy atom. The van der Waals surface area contributed by atoms with Gasteiger partial charge in [0.15, 0.2) is 17.3 Å². The van der Waals surface area contributed by atoms with Crippen LogP contribution in [0.4, 0.5) is 0 Å². The lowest BCUT2D eigenvalue weighted by Crippen LogP contribution is -2.04. The van der Waals surface area contributed by atoms with Crippen molar-refractivity contribution in [1.82, 2.24) is 0 Å². The summed E-state index contributed by atoms with van der Waals surface area (Å²) in [5.41, 5.74) is 1.74. The summed E-state index contributed by atoms with van der Waals surface area (Å²) < 4.78 is 10.4. The summed E-state index contributed by atoms with van der Waals surface area (Å²) in [5.74, 6) is 1.42. The Balaban J connectivity index is 3.31. The number of benzene rings is 1. The highest BCUT2D eigenvalue weighted by Gasteiger charge is 2.14. The lowest BCUT2D eigenvalue weighted by molar-refractivity contribution is 0.0987. The maximum Gasteiger partial charge on any atom is 0.163 e. The number of ether oxygens (including phenoxy) is 2. The van der Waals surface area contributed by atoms with Gasteiger partial charge < -0.3 is 9.47 Å². The molecule has 3 nitrogen and oxygen atoms in total. The van der Waals surface area contributed by atoms with Crippen LogP contribution in [0, 0.1) is 0 Å². The molecule has 1 aromatic carbocycles. The molecular formula is C13H18O3. The minimum Gasteiger partial charge on any atom is -0.493 e. The summed E-state index contributed by atoms with van der Waals surface area (Å²) in [6.45, 7) is 3.88. The number of carbonyl (C=O) groups is 1. The number of carbonyl (C=O) groups excluding carboxylic acids is 1. The van der Waals surface area contributed by atoms with Gasteiger partial charge in [-0.25, -0.2) is 0 Å². The highest BCUT2D eigenvalue weighted by atomic mass is 16.5. The molecule has 0 aromatic heterocycles. The summed E-state index contributed by atoms with van der Waals surface area (Å²) in [4.78, 5) is 11.8. The lowest BCUT2D eigenvalue weighted by atomic mass is 9.99. The van der Waals surface area contributed by atoms with Crippen LogP contribution in [0.5, 0.6) is 11.5 Å². The van der Waals surface area contributed by atoms with Crippen LogP contribution >= 0.6 is 0 Å². The summed E-state index contributed by atoms with van der Waals surface area (Å²) in [6.07, 6.45) is 1.31. The summed E-state index contributed by atoms with van der Waals surface area (Å²) in [5, 5.41) is 0. The van der Waals surface area contributed by atoms with E-state index in [0.717, 1.165) is 17.5 Å². The van der Waals surface area contributed by atoms with Crippen molar-refractivity contribution in [2.75, 3.05) is 14.2 Å². The summed E-state index contributed by atoms with van der Waals surface area (Å²) in [7, 11) is 3.17. The van der Waals surface area contributed by atoms with Gasteiger partial charge in [0.25, 0.3) is 0 Å². The average Bonchev–Trinajstić information content (AvgIpc) is 2.35. The number of rotatable bonds is 5. The SMILES string of the molecule is CCC(=O)c1cc(OC)c(OC)cc1CC. The van der Waals surface area contributed by atoms with E-state index in [1.807, 2.05) is 19.9 Å². The van der Waals surface area contributed by atoms with Crippen LogP contribution in [0.15, 0.2) is 12.1 Å². The highest BCUT2D eigenvalue weighted by Crippen LogP contribution is 2.31. The minimum absolute atomic E-state index is 0.137. The van der Waals surface area contributed by atoms with Crippen LogP contribution in [0.1, 0.15) is 36.2 Å². The van der Waals surface area contributed by atoms with Gasteiger partial charge in [0.2, 0.25) is 0 Å². The van der Waals surface area contributed by atoms with Crippen LogP contribution in [0.2, 0.25) is 0 Å². The maximum atomic E-state index is 11.8. The van der Waals surface area contributed by atoms with Crippen LogP contribution < -0.4 is 9.47 Å². The van der Waals surface area contributed by atoms with Crippen LogP contribution in [0.25, 0.3) is 0 Å². The zero-order valence-electron chi connectivity index (χ0n) is 10.3. The predicted octanol–water partition coefficient (Wildman–Crippen LogP) is 2.86. The first-order chi connectivity index (χ1) is 7.67. The fourth-order valence-corrected chi connectivity index (χ4v) is 1.66. The van der Waals surface area contributed by atoms with Crippen molar-refractivity contribution in [3.63, 3.8) is 0 Å². The molecular weight excluding hydrogens is 204 g/mol. The smallest absolute Gasteiger partial charge is 0.163 e. The van der Waals surface area contributed by atoms with Crippen molar-refractivity contribution in [2.24, 2.45) is 0 Å². The highest BCUT2D eigenvalue weighted by molar-refractivity contribution is 5.98. The Morgan fingerprint density at radius 3 is 2.12 bits per heavy atom. The molecule has 0 aliphatic carbocycles. The fourth-order valence-electron chi connectivity index (χ4n) is 1.66. The molecule has 1 rings (SSSR count). The van der Waals surface area contributed by atoms with Crippen molar-refractivity contribution < 1.29 is 14.3 Å². The fraction of sp³-hybridized carbons (Fsp3) is 0.462. The molecule has 0 aliphatic rings. The maximum absolute atomic E-state index is 11.8. The van der Waals surface area contributed by atoms with Crippen LogP contribution in [0.3, 0.4) is 0 Å². The summed E-state index contributed by atoms with van der Waals surface area (Å²) >= 11 is 0. The Kier molecular flexibility index (Phi) is 4.35. The molecule has 0 atom stereocenters. The van der Waals surface area contributed by atoms with Gasteiger partial charge in [0.1, 0.15) is 0 Å². The third-order valence-electron chi connectivity index (χ3n) is 2.61. The van der Waals surface area contributed by atoms with Crippen molar-refractivity contribution in [3.8, 4) is 11.5 Å². The first kappa shape index (κ1) is 12.6. The van der Waals surface area contributed by atoms with Gasteiger partial charge in [-0.15, -0.1) is 0 Å². The standard InChI is InChI=1S/C13H18O3/c1-5-9-7-12(15-3)13(16-4)8-10(9)11(14)6-2/h7-8H,5-6H2,1-4H3. The largest absolute Gasteiger partial charge is 0.493 e. The molecule has 0 heterocycles. The van der Waals surface area contributed by atoms with E-state index >= 15 is 0 Å². The minimum atomic E-state index is 0.137. The second-order valence-corrected chi connectivity index (χ2v) is 3.49. The lowest BCUT2D eigenvalue weighted by Gasteiger charge is -2.12. The normalized spacial score (nSPS) is 10.0. The number of hydrogen-bond donors (Lipinski definition) is 0. The molecule has 3 heteroatoms. The van der Waals surface area contributed by atoms with Gasteiger partial charge in [-0.3, -0.25) is 4.79 Å². The van der Waals surface area contributed by atoms with E-state index in [-0.39, 0.29) is 5.78 Å². The van der Waals surface area contributed by atoms with E-state index in [0.29, 0.717) is 17.9 Å². The van der Waals surface area contributed by atoms with E-state index in [2.05, 4.69) is 0 Å². The molecule has 0 saturated carbocycles. The number of Topliss-reactive ketones (excluding diaryl/α,β-unsaturated/α-hetero) is 1. The zero-order chi connectivity index (χ0) is 12.1. The molecule has 0 amide bonds. The molecule has 88 valence electrons. The van der Waals surface area contributed by atoms with E-state index in [4.69, 9.17) is 9.47 Å². The predicted molar refractivity (Wildman–Crippen MR) is 63.5 cm³/mol. The molecule has 1 aromatic rings. The Hall–Kier alpha value is -1.51.